The number of hydrogen-bond donors (Lipinski definition) is 0. The van der Waals surface area contributed by atoms with Crippen LogP contribution in [-0.4, -0.2) is 38.1 Å². The fourth-order valence-corrected chi connectivity index (χ4v) is 1.98. The lowest BCUT2D eigenvalue weighted by molar-refractivity contribution is -0.0278. The highest BCUT2D eigenvalue weighted by atomic mass is 16.6. The van der Waals surface area contributed by atoms with Crippen molar-refractivity contribution in [2.45, 2.75) is 44.0 Å². The molecule has 2 rings (SSSR count). The van der Waals surface area contributed by atoms with Crippen molar-refractivity contribution in [3.8, 4) is 0 Å². The molecule has 0 aromatic rings. The van der Waals surface area contributed by atoms with E-state index in [1.807, 2.05) is 6.08 Å². The van der Waals surface area contributed by atoms with Gasteiger partial charge in [-0.2, -0.15) is 0 Å². The maximum Gasteiger partial charge on any atom is 0.104 e. The van der Waals surface area contributed by atoms with Gasteiger partial charge in [0.25, 0.3) is 0 Å². The van der Waals surface area contributed by atoms with Gasteiger partial charge in [-0.25, -0.2) is 0 Å². The highest BCUT2D eigenvalue weighted by Crippen LogP contribution is 2.24. The second kappa shape index (κ2) is 5.64. The van der Waals surface area contributed by atoms with Gasteiger partial charge in [0.2, 0.25) is 0 Å². The minimum absolute atomic E-state index is 0.389. The molecule has 2 fully saturated rings. The van der Waals surface area contributed by atoms with Gasteiger partial charge < -0.3 is 14.2 Å². The third kappa shape index (κ3) is 3.93. The van der Waals surface area contributed by atoms with E-state index >= 15 is 0 Å². The van der Waals surface area contributed by atoms with Crippen LogP contribution in [0.3, 0.4) is 0 Å². The maximum atomic E-state index is 5.76. The molecule has 3 nitrogen and oxygen atoms in total. The largest absolute Gasteiger partial charge is 0.375 e. The highest BCUT2D eigenvalue weighted by Gasteiger charge is 2.26. The first kappa shape index (κ1) is 11.1. The molecular weight excluding hydrogens is 192 g/mol. The Kier molecular flexibility index (Phi) is 4.18. The van der Waals surface area contributed by atoms with Crippen LogP contribution < -0.4 is 0 Å². The summed E-state index contributed by atoms with van der Waals surface area (Å²) in [6, 6.07) is 0. The van der Waals surface area contributed by atoms with Gasteiger partial charge >= 0.3 is 0 Å². The predicted octanol–water partition coefficient (Wildman–Crippen LogP) is 1.92. The Balaban J connectivity index is 1.56. The first-order chi connectivity index (χ1) is 7.38. The quantitative estimate of drug-likeness (QED) is 0.498. The summed E-state index contributed by atoms with van der Waals surface area (Å²) in [6.45, 7) is 5.99. The molecule has 1 unspecified atom stereocenters. The topological polar surface area (TPSA) is 31.0 Å². The van der Waals surface area contributed by atoms with Crippen LogP contribution in [0, 0.1) is 0 Å². The minimum atomic E-state index is 0.389. The molecule has 1 aliphatic carbocycles. The second-order valence-corrected chi connectivity index (χ2v) is 4.31. The van der Waals surface area contributed by atoms with E-state index in [1.54, 1.807) is 0 Å². The van der Waals surface area contributed by atoms with Crippen molar-refractivity contribution >= 4 is 0 Å². The van der Waals surface area contributed by atoms with Crippen LogP contribution in [0.25, 0.3) is 0 Å². The summed E-state index contributed by atoms with van der Waals surface area (Å²) < 4.78 is 16.5. The second-order valence-electron chi connectivity index (χ2n) is 4.31. The average molecular weight is 212 g/mol. The lowest BCUT2D eigenvalue weighted by Gasteiger charge is -2.28. The van der Waals surface area contributed by atoms with Crippen molar-refractivity contribution in [2.24, 2.45) is 0 Å². The van der Waals surface area contributed by atoms with Gasteiger partial charge in [-0.05, 0) is 25.7 Å². The Labute approximate surface area is 91.4 Å². The van der Waals surface area contributed by atoms with Crippen molar-refractivity contribution in [3.63, 3.8) is 0 Å². The van der Waals surface area contributed by atoms with Crippen LogP contribution in [0.1, 0.15) is 25.7 Å². The van der Waals surface area contributed by atoms with E-state index in [9.17, 15) is 0 Å². The number of hydrogen-bond acceptors (Lipinski definition) is 3. The average Bonchev–Trinajstić information content (AvgIpc) is 3.09. The van der Waals surface area contributed by atoms with Gasteiger partial charge in [0.05, 0.1) is 32.0 Å². The van der Waals surface area contributed by atoms with Crippen LogP contribution in [-0.2, 0) is 14.2 Å². The van der Waals surface area contributed by atoms with Gasteiger partial charge in [-0.3, -0.25) is 0 Å². The third-order valence-electron chi connectivity index (χ3n) is 2.99. The van der Waals surface area contributed by atoms with E-state index in [0.29, 0.717) is 24.9 Å². The van der Waals surface area contributed by atoms with Crippen LogP contribution in [0.15, 0.2) is 12.7 Å². The van der Waals surface area contributed by atoms with E-state index in [4.69, 9.17) is 14.2 Å². The lowest BCUT2D eigenvalue weighted by atomic mass is 9.95. The van der Waals surface area contributed by atoms with Crippen molar-refractivity contribution in [1.82, 2.24) is 0 Å². The summed E-state index contributed by atoms with van der Waals surface area (Å²) in [7, 11) is 0. The highest BCUT2D eigenvalue weighted by molar-refractivity contribution is 4.76. The zero-order chi connectivity index (χ0) is 10.5. The Morgan fingerprint density at radius 2 is 1.73 bits per heavy atom. The number of ether oxygens (including phenoxy) is 3. The summed E-state index contributed by atoms with van der Waals surface area (Å²) in [5.74, 6) is 0. The molecule has 0 N–H and O–H groups in total. The zero-order valence-electron chi connectivity index (χ0n) is 9.19. The van der Waals surface area contributed by atoms with Gasteiger partial charge in [0, 0.05) is 0 Å². The summed E-state index contributed by atoms with van der Waals surface area (Å²) in [4.78, 5) is 0. The first-order valence-electron chi connectivity index (χ1n) is 5.84. The van der Waals surface area contributed by atoms with E-state index < -0.39 is 0 Å². The van der Waals surface area contributed by atoms with Crippen molar-refractivity contribution in [3.05, 3.63) is 12.7 Å². The molecule has 2 aliphatic rings. The minimum Gasteiger partial charge on any atom is -0.375 e. The summed E-state index contributed by atoms with van der Waals surface area (Å²) >= 11 is 0. The molecule has 1 aliphatic heterocycles. The van der Waals surface area contributed by atoms with E-state index in [-0.39, 0.29) is 0 Å². The van der Waals surface area contributed by atoms with Gasteiger partial charge in [0.1, 0.15) is 6.10 Å². The van der Waals surface area contributed by atoms with E-state index in [0.717, 1.165) is 38.9 Å². The molecule has 0 radical (unpaired) electrons. The van der Waals surface area contributed by atoms with Crippen LogP contribution in [0.4, 0.5) is 0 Å². The first-order valence-corrected chi connectivity index (χ1v) is 5.84. The lowest BCUT2D eigenvalue weighted by Crippen LogP contribution is -2.27. The van der Waals surface area contributed by atoms with Crippen LogP contribution in [0.5, 0.6) is 0 Å². The number of rotatable bonds is 6. The van der Waals surface area contributed by atoms with Gasteiger partial charge in [-0.1, -0.05) is 6.08 Å². The third-order valence-corrected chi connectivity index (χ3v) is 2.99. The molecule has 15 heavy (non-hydrogen) atoms. The molecule has 3 heteroatoms. The Morgan fingerprint density at radius 1 is 1.13 bits per heavy atom. The molecule has 0 amide bonds. The molecule has 0 aromatic carbocycles. The number of epoxide rings is 1. The summed E-state index contributed by atoms with van der Waals surface area (Å²) in [5.41, 5.74) is 0. The van der Waals surface area contributed by atoms with Crippen molar-refractivity contribution < 1.29 is 14.2 Å². The molecule has 86 valence electrons. The van der Waals surface area contributed by atoms with Crippen LogP contribution in [0.2, 0.25) is 0 Å². The molecule has 1 saturated carbocycles. The Hall–Kier alpha value is -0.380. The fraction of sp³-hybridized carbons (Fsp3) is 0.833. The monoisotopic (exact) mass is 212 g/mol. The molecular formula is C12H20O3. The summed E-state index contributed by atoms with van der Waals surface area (Å²) in [5, 5.41) is 0. The van der Waals surface area contributed by atoms with Crippen molar-refractivity contribution in [1.29, 1.82) is 0 Å². The summed E-state index contributed by atoms with van der Waals surface area (Å²) in [6.07, 6.45) is 7.52. The maximum absolute atomic E-state index is 5.76. The van der Waals surface area contributed by atoms with E-state index in [1.165, 1.54) is 0 Å². The van der Waals surface area contributed by atoms with Crippen molar-refractivity contribution in [2.75, 3.05) is 19.8 Å². The van der Waals surface area contributed by atoms with Gasteiger partial charge in [-0.15, -0.1) is 6.58 Å². The van der Waals surface area contributed by atoms with Gasteiger partial charge in [0.15, 0.2) is 0 Å². The van der Waals surface area contributed by atoms with Crippen LogP contribution >= 0.6 is 0 Å². The normalized spacial score (nSPS) is 35.1. The molecule has 1 atom stereocenters. The molecule has 1 heterocycles. The Bertz CT molecular complexity index is 193. The molecule has 1 saturated heterocycles. The SMILES string of the molecule is C=CCOC1CCC(OCC2CO2)CC1. The standard InChI is InChI=1S/C12H20O3/c1-2-7-13-10-3-5-11(6-4-10)14-8-12-9-15-12/h2,10-12H,1,3-9H2. The smallest absolute Gasteiger partial charge is 0.104 e. The zero-order valence-corrected chi connectivity index (χ0v) is 9.19. The molecule has 0 bridgehead atoms. The van der Waals surface area contributed by atoms with E-state index in [2.05, 4.69) is 6.58 Å². The predicted molar refractivity (Wildman–Crippen MR) is 57.9 cm³/mol. The molecule has 0 aromatic heterocycles. The fourth-order valence-electron chi connectivity index (χ4n) is 1.98. The molecule has 0 spiro atoms. The Morgan fingerprint density at radius 3 is 2.27 bits per heavy atom.